The lowest BCUT2D eigenvalue weighted by atomic mass is 10.0. The van der Waals surface area contributed by atoms with Crippen LogP contribution in [0.15, 0.2) is 47.1 Å². The van der Waals surface area contributed by atoms with Gasteiger partial charge in [-0.25, -0.2) is 0 Å². The summed E-state index contributed by atoms with van der Waals surface area (Å²) in [5.74, 6) is -3.61. The summed E-state index contributed by atoms with van der Waals surface area (Å²) in [6.07, 6.45) is 2.16. The first-order valence-electron chi connectivity index (χ1n) is 15.0. The number of imide groups is 1. The maximum absolute atomic E-state index is 13.2. The summed E-state index contributed by atoms with van der Waals surface area (Å²) in [7, 11) is 1.35. The second kappa shape index (κ2) is 14.9. The normalized spacial score (nSPS) is 15.7. The summed E-state index contributed by atoms with van der Waals surface area (Å²) in [4.78, 5) is 64.4. The van der Waals surface area contributed by atoms with Crippen molar-refractivity contribution in [3.05, 3.63) is 70.6 Å². The van der Waals surface area contributed by atoms with Crippen molar-refractivity contribution in [2.75, 3.05) is 17.7 Å². The standard InChI is InChI=1S/C26H20F3N5O7.C6H14/c1-40-14-8-15-17(11-34(25(15)39)19-6-7-20(35)33-23(19)37)18(9-14)32-24(38)21-16(10-30-41-21)22(36)31-13-4-2-12(3-5-13)26(27,28)29;1-3-5-6-4-2/h2-5,8-10,19H,6-7,11H2,1H3,(H,31,36)(H,32,38)(H,33,35,37);3-6H2,1-2H3. The number of aromatic nitrogens is 1. The SMILES string of the molecule is CCCCCC.COc1cc(NC(=O)c2oncc2C(=O)Nc2ccc(C(F)(F)F)cc2)c2c(c1)C(=O)N(C1CCC(=O)NC1=O)C2. The van der Waals surface area contributed by atoms with E-state index in [0.29, 0.717) is 5.56 Å². The summed E-state index contributed by atoms with van der Waals surface area (Å²) in [5, 5.41) is 10.7. The minimum Gasteiger partial charge on any atom is -0.497 e. The number of methoxy groups -OCH3 is 1. The Balaban J connectivity index is 0.000000762. The largest absolute Gasteiger partial charge is 0.497 e. The number of alkyl halides is 3. The summed E-state index contributed by atoms with van der Waals surface area (Å²) in [6, 6.07) is 5.70. The van der Waals surface area contributed by atoms with Crippen molar-refractivity contribution >= 4 is 40.9 Å². The molecule has 0 spiro atoms. The van der Waals surface area contributed by atoms with Gasteiger partial charge in [0.2, 0.25) is 17.6 Å². The molecular weight excluding hydrogens is 623 g/mol. The minimum absolute atomic E-state index is 0.0354. The fourth-order valence-corrected chi connectivity index (χ4v) is 5.05. The van der Waals surface area contributed by atoms with Crippen molar-refractivity contribution in [3.63, 3.8) is 0 Å². The van der Waals surface area contributed by atoms with E-state index in [-0.39, 0.29) is 47.6 Å². The topological polar surface area (TPSA) is 160 Å². The van der Waals surface area contributed by atoms with Crippen LogP contribution in [0.5, 0.6) is 5.75 Å². The molecular formula is C32H34F3N5O7. The lowest BCUT2D eigenvalue weighted by molar-refractivity contribution is -0.138. The third-order valence-electron chi connectivity index (χ3n) is 7.56. The monoisotopic (exact) mass is 657 g/mol. The molecule has 250 valence electrons. The number of fused-ring (bicyclic) bond motifs is 1. The molecule has 12 nitrogen and oxygen atoms in total. The van der Waals surface area contributed by atoms with Gasteiger partial charge < -0.3 is 24.8 Å². The van der Waals surface area contributed by atoms with Crippen LogP contribution in [0.4, 0.5) is 24.5 Å². The Bertz CT molecular complexity index is 1650. The molecule has 3 heterocycles. The Morgan fingerprint density at radius 1 is 1.04 bits per heavy atom. The molecule has 0 radical (unpaired) electrons. The number of unbranched alkanes of at least 4 members (excludes halogenated alkanes) is 3. The summed E-state index contributed by atoms with van der Waals surface area (Å²) < 4.78 is 48.7. The number of carbonyl (C=O) groups excluding carboxylic acids is 5. The fourth-order valence-electron chi connectivity index (χ4n) is 5.05. The number of nitrogens with one attached hydrogen (secondary N) is 3. The summed E-state index contributed by atoms with van der Waals surface area (Å²) in [6.45, 7) is 4.41. The highest BCUT2D eigenvalue weighted by Crippen LogP contribution is 2.36. The first-order valence-corrected chi connectivity index (χ1v) is 15.0. The second-order valence-corrected chi connectivity index (χ2v) is 10.9. The number of nitrogens with zero attached hydrogens (tertiary/aromatic N) is 2. The van der Waals surface area contributed by atoms with Crippen LogP contribution in [0.3, 0.4) is 0 Å². The van der Waals surface area contributed by atoms with E-state index in [4.69, 9.17) is 9.26 Å². The summed E-state index contributed by atoms with van der Waals surface area (Å²) >= 11 is 0. The number of amides is 5. The van der Waals surface area contributed by atoms with Crippen LogP contribution < -0.4 is 20.7 Å². The molecule has 1 atom stereocenters. The molecule has 0 saturated carbocycles. The Labute approximate surface area is 268 Å². The predicted molar refractivity (Wildman–Crippen MR) is 163 cm³/mol. The fraction of sp³-hybridized carbons (Fsp3) is 0.375. The zero-order valence-electron chi connectivity index (χ0n) is 26.0. The van der Waals surface area contributed by atoms with Gasteiger partial charge in [-0.2, -0.15) is 13.2 Å². The molecule has 15 heteroatoms. The molecule has 2 aliphatic rings. The molecule has 2 aliphatic heterocycles. The third kappa shape index (κ3) is 8.15. The van der Waals surface area contributed by atoms with Crippen LogP contribution in [-0.4, -0.2) is 52.7 Å². The average molecular weight is 658 g/mol. The number of hydrogen-bond acceptors (Lipinski definition) is 8. The molecule has 1 unspecified atom stereocenters. The molecule has 1 fully saturated rings. The molecule has 1 aromatic heterocycles. The van der Waals surface area contributed by atoms with E-state index in [1.807, 2.05) is 0 Å². The van der Waals surface area contributed by atoms with Gasteiger partial charge in [0, 0.05) is 30.3 Å². The second-order valence-electron chi connectivity index (χ2n) is 10.9. The maximum atomic E-state index is 13.2. The molecule has 0 bridgehead atoms. The highest BCUT2D eigenvalue weighted by atomic mass is 19.4. The predicted octanol–water partition coefficient (Wildman–Crippen LogP) is 5.55. The number of hydrogen-bond donors (Lipinski definition) is 3. The van der Waals surface area contributed by atoms with Gasteiger partial charge in [-0.05, 0) is 36.8 Å². The van der Waals surface area contributed by atoms with Gasteiger partial charge in [-0.1, -0.05) is 44.7 Å². The number of anilines is 2. The molecule has 2 aromatic carbocycles. The quantitative estimate of drug-likeness (QED) is 0.199. The van der Waals surface area contributed by atoms with Crippen LogP contribution >= 0.6 is 0 Å². The van der Waals surface area contributed by atoms with Crippen molar-refractivity contribution in [1.82, 2.24) is 15.4 Å². The van der Waals surface area contributed by atoms with E-state index >= 15 is 0 Å². The lowest BCUT2D eigenvalue weighted by Gasteiger charge is -2.29. The van der Waals surface area contributed by atoms with Crippen molar-refractivity contribution in [3.8, 4) is 5.75 Å². The maximum Gasteiger partial charge on any atom is 0.416 e. The molecule has 5 rings (SSSR count). The van der Waals surface area contributed by atoms with Gasteiger partial charge in [0.1, 0.15) is 17.4 Å². The van der Waals surface area contributed by atoms with Crippen molar-refractivity contribution in [2.24, 2.45) is 0 Å². The Kier molecular flexibility index (Phi) is 11.0. The van der Waals surface area contributed by atoms with Gasteiger partial charge in [0.05, 0.1) is 30.1 Å². The van der Waals surface area contributed by atoms with E-state index in [9.17, 15) is 37.1 Å². The van der Waals surface area contributed by atoms with E-state index < -0.39 is 53.1 Å². The molecule has 3 aromatic rings. The summed E-state index contributed by atoms with van der Waals surface area (Å²) in [5.41, 5.74) is -0.498. The highest BCUT2D eigenvalue weighted by molar-refractivity contribution is 6.14. The van der Waals surface area contributed by atoms with Crippen LogP contribution in [0.25, 0.3) is 0 Å². The smallest absolute Gasteiger partial charge is 0.416 e. The number of halogens is 3. The highest BCUT2D eigenvalue weighted by Gasteiger charge is 2.40. The number of carbonyl (C=O) groups is 5. The van der Waals surface area contributed by atoms with Crippen LogP contribution in [0.1, 0.15) is 94.8 Å². The van der Waals surface area contributed by atoms with Crippen LogP contribution in [0.2, 0.25) is 0 Å². The van der Waals surface area contributed by atoms with Gasteiger partial charge in [0.15, 0.2) is 0 Å². The van der Waals surface area contributed by atoms with Gasteiger partial charge >= 0.3 is 6.18 Å². The lowest BCUT2D eigenvalue weighted by Crippen LogP contribution is -2.52. The Morgan fingerprint density at radius 3 is 2.32 bits per heavy atom. The Morgan fingerprint density at radius 2 is 1.72 bits per heavy atom. The first kappa shape index (κ1) is 34.7. The van der Waals surface area contributed by atoms with Gasteiger partial charge in [-0.3, -0.25) is 29.3 Å². The van der Waals surface area contributed by atoms with Gasteiger partial charge in [-0.15, -0.1) is 0 Å². The average Bonchev–Trinajstić information content (AvgIpc) is 3.66. The molecule has 0 aliphatic carbocycles. The van der Waals surface area contributed by atoms with Crippen LogP contribution in [0, 0.1) is 0 Å². The first-order chi connectivity index (χ1) is 22.4. The molecule has 5 amide bonds. The minimum atomic E-state index is -4.55. The molecule has 47 heavy (non-hydrogen) atoms. The van der Waals surface area contributed by atoms with Crippen molar-refractivity contribution in [2.45, 2.75) is 71.1 Å². The zero-order valence-corrected chi connectivity index (χ0v) is 26.0. The zero-order chi connectivity index (χ0) is 34.3. The number of ether oxygens (including phenoxy) is 1. The molecule has 1 saturated heterocycles. The van der Waals surface area contributed by atoms with E-state index in [1.165, 1.54) is 49.8 Å². The number of piperidine rings is 1. The number of benzene rings is 2. The Hall–Kier alpha value is -5.21. The van der Waals surface area contributed by atoms with Crippen molar-refractivity contribution < 1.29 is 46.4 Å². The van der Waals surface area contributed by atoms with E-state index in [1.54, 1.807) is 0 Å². The number of rotatable bonds is 9. The molecule has 3 N–H and O–H groups in total. The van der Waals surface area contributed by atoms with Crippen LogP contribution in [-0.2, 0) is 22.3 Å². The van der Waals surface area contributed by atoms with Crippen molar-refractivity contribution in [1.29, 1.82) is 0 Å². The van der Waals surface area contributed by atoms with E-state index in [2.05, 4.69) is 35.0 Å². The third-order valence-corrected chi connectivity index (χ3v) is 7.56. The van der Waals surface area contributed by atoms with E-state index in [0.717, 1.165) is 30.5 Å². The van der Waals surface area contributed by atoms with Gasteiger partial charge in [0.25, 0.3) is 17.7 Å².